The zero-order chi connectivity index (χ0) is 88.3. The monoisotopic (exact) mass is 1820 g/mol. The van der Waals surface area contributed by atoms with E-state index in [0.29, 0.717) is 157 Å². The van der Waals surface area contributed by atoms with Crippen LogP contribution in [0.15, 0.2) is 140 Å². The highest BCUT2D eigenvalue weighted by molar-refractivity contribution is 7.13. The molecule has 124 heavy (non-hydrogen) atoms. The van der Waals surface area contributed by atoms with Crippen molar-refractivity contribution < 1.29 is 83.6 Å². The van der Waals surface area contributed by atoms with E-state index >= 15 is 0 Å². The summed E-state index contributed by atoms with van der Waals surface area (Å²) in [6.07, 6.45) is 12.7. The van der Waals surface area contributed by atoms with Crippen molar-refractivity contribution in [1.82, 2.24) is 71.4 Å². The fourth-order valence-electron chi connectivity index (χ4n) is 18.8. The second kappa shape index (κ2) is 34.2. The van der Waals surface area contributed by atoms with Gasteiger partial charge in [0, 0.05) is 93.2 Å². The number of amides is 7. The quantitative estimate of drug-likeness (QED) is 0.0261. The Morgan fingerprint density at radius 1 is 0.468 bits per heavy atom. The molecule has 26 nitrogen and oxygen atoms in total. The van der Waals surface area contributed by atoms with Gasteiger partial charge in [-0.3, -0.25) is 38.4 Å². The Bertz CT molecular complexity index is 5680. The van der Waals surface area contributed by atoms with E-state index in [1.807, 2.05) is 32.9 Å². The number of rotatable bonds is 25. The second-order valence-corrected chi connectivity index (χ2v) is 36.9. The number of hydrogen-bond acceptors (Lipinski definition) is 18. The normalized spacial score (nSPS) is 24.6. The highest BCUT2D eigenvalue weighted by atomic mass is 35.5. The van der Waals surface area contributed by atoms with E-state index in [9.17, 15) is 64.7 Å². The minimum absolute atomic E-state index is 0.00665. The molecule has 0 aliphatic heterocycles. The molecule has 5 aromatic heterocycles. The van der Waals surface area contributed by atoms with Gasteiger partial charge in [0.1, 0.15) is 51.9 Å². The van der Waals surface area contributed by atoms with Gasteiger partial charge in [0.15, 0.2) is 42.0 Å². The fourth-order valence-corrected chi connectivity index (χ4v) is 20.1. The molecule has 1 atom stereocenters. The second-order valence-electron chi connectivity index (χ2n) is 33.8. The van der Waals surface area contributed by atoms with Crippen LogP contribution in [-0.4, -0.2) is 147 Å². The van der Waals surface area contributed by atoms with Crippen LogP contribution in [-0.2, 0) is 25.4 Å². The maximum Gasteiger partial charge on any atom is 0.443 e. The minimum Gasteiger partial charge on any atom is -0.486 e. The lowest BCUT2D eigenvalue weighted by Crippen LogP contribution is -2.84. The molecule has 7 amide bonds. The van der Waals surface area contributed by atoms with E-state index < -0.39 is 51.5 Å². The Kier molecular flexibility index (Phi) is 24.3. The van der Waals surface area contributed by atoms with E-state index in [1.165, 1.54) is 36.4 Å². The van der Waals surface area contributed by atoms with Gasteiger partial charge < -0.3 is 56.2 Å². The first-order valence-electron chi connectivity index (χ1n) is 39.5. The number of aryl methyl sites for hydroxylation is 3. The van der Waals surface area contributed by atoms with E-state index in [4.69, 9.17) is 77.0 Å². The lowest BCUT2D eigenvalue weighted by Gasteiger charge is -2.70. The molecule has 650 valence electrons. The van der Waals surface area contributed by atoms with Crippen LogP contribution in [0.2, 0.25) is 25.1 Å². The molecule has 5 aromatic carbocycles. The van der Waals surface area contributed by atoms with Gasteiger partial charge in [-0.05, 0) is 206 Å². The summed E-state index contributed by atoms with van der Waals surface area (Å²) in [5.74, 6) is -2.38. The summed E-state index contributed by atoms with van der Waals surface area (Å²) in [6.45, 7) is 7.01. The summed E-state index contributed by atoms with van der Waals surface area (Å²) in [4.78, 5) is 112. The van der Waals surface area contributed by atoms with Crippen LogP contribution < -0.4 is 56.2 Å². The van der Waals surface area contributed by atoms with Crippen molar-refractivity contribution in [1.29, 1.82) is 0 Å². The van der Waals surface area contributed by atoms with Gasteiger partial charge in [0.05, 0.1) is 54.3 Å². The average Bonchev–Trinajstić information content (AvgIpc) is 0.721. The highest BCUT2D eigenvalue weighted by Crippen LogP contribution is 2.69. The molecule has 12 aliphatic carbocycles. The predicted molar refractivity (Wildman–Crippen MR) is 446 cm³/mol. The molecule has 10 aromatic rings. The molecule has 38 heteroatoms. The van der Waals surface area contributed by atoms with Crippen LogP contribution in [0.4, 0.5) is 26.3 Å². The Hall–Kier alpha value is -10.8. The number of fused-ring (bicyclic) bond motifs is 5. The third kappa shape index (κ3) is 19.0. The number of hydrogen-bond donors (Lipinski definition) is 7. The first kappa shape index (κ1) is 88.0. The number of thiazole rings is 1. The third-order valence-electron chi connectivity index (χ3n) is 24.1. The maximum atomic E-state index is 14.0. The van der Waals surface area contributed by atoms with E-state index in [-0.39, 0.29) is 133 Å². The number of nitrogens with zero attached hydrogens (tertiary/aromatic N) is 7. The van der Waals surface area contributed by atoms with Crippen molar-refractivity contribution in [2.75, 3.05) is 26.4 Å². The number of ether oxygens (including phenoxy) is 4. The molecule has 0 unspecified atom stereocenters. The number of carbonyl (C=O) groups is 8. The number of alkyl halides is 3. The van der Waals surface area contributed by atoms with Crippen molar-refractivity contribution in [3.05, 3.63) is 227 Å². The summed E-state index contributed by atoms with van der Waals surface area (Å²) >= 11 is 29.4. The number of nitrogens with one attached hydrogen (secondary N) is 7. The molecule has 0 radical (unpaired) electrons. The number of aromatic nitrogens is 7. The Morgan fingerprint density at radius 2 is 0.903 bits per heavy atom. The van der Waals surface area contributed by atoms with Crippen LogP contribution in [0.3, 0.4) is 0 Å². The first-order chi connectivity index (χ1) is 58.7. The smallest absolute Gasteiger partial charge is 0.443 e. The summed E-state index contributed by atoms with van der Waals surface area (Å²) < 4.78 is 104. The molecule has 12 fully saturated rings. The van der Waals surface area contributed by atoms with Crippen molar-refractivity contribution in [3.8, 4) is 23.0 Å². The Morgan fingerprint density at radius 3 is 1.37 bits per heavy atom. The summed E-state index contributed by atoms with van der Waals surface area (Å²) in [6, 6.07) is 27.7. The summed E-state index contributed by atoms with van der Waals surface area (Å²) in [7, 11) is 0. The lowest BCUT2D eigenvalue weighted by atomic mass is 9.38. The molecular weight excluding hydrogens is 1740 g/mol. The largest absolute Gasteiger partial charge is 0.486 e. The summed E-state index contributed by atoms with van der Waals surface area (Å²) in [5, 5.41) is 30.1. The SMILES string of the molecule is C[C@H]1CC2(NC(=O)c3ccccc3F)CCC1(NC(=O)COc1ccc(Cl)c(F)c1)CC2.Cc1cc(OCC(=O)CC23CC(NC(=O)c4cnc(C(F)(F)F)s4)(C2)C3)ccc1Cl.Cc1cc2c(C(=O)NC34CC(NC(=O)COc5ccc(Cl)c(Cl)c5)(C3)C4)nccn2n1.Cc1cc2c(C(=O)NC34CC(NC(=O)COc5ccc(Cl)c(F)c5)(C3)C4)nccn2n1. The van der Waals surface area contributed by atoms with Crippen LogP contribution in [0.5, 0.6) is 23.0 Å². The van der Waals surface area contributed by atoms with E-state index in [0.717, 1.165) is 35.3 Å². The molecule has 22 rings (SSSR count). The van der Waals surface area contributed by atoms with Gasteiger partial charge >= 0.3 is 6.18 Å². The van der Waals surface area contributed by atoms with Gasteiger partial charge in [-0.15, -0.1) is 11.3 Å². The van der Waals surface area contributed by atoms with Gasteiger partial charge in [0.2, 0.25) is 0 Å². The fraction of sp³-hybridized carbons (Fsp3) is 0.384. The van der Waals surface area contributed by atoms with E-state index in [2.05, 4.69) is 69.3 Å². The Balaban J connectivity index is 0.000000128. The van der Waals surface area contributed by atoms with Gasteiger partial charge in [-0.1, -0.05) is 77.1 Å². The van der Waals surface area contributed by atoms with Crippen molar-refractivity contribution >= 4 is 128 Å². The molecule has 8 bridgehead atoms. The van der Waals surface area contributed by atoms with Gasteiger partial charge in [-0.2, -0.15) is 23.4 Å². The summed E-state index contributed by atoms with van der Waals surface area (Å²) in [5.41, 5.74) is 1.96. The number of benzene rings is 5. The highest BCUT2D eigenvalue weighted by Gasteiger charge is 2.71. The van der Waals surface area contributed by atoms with Crippen molar-refractivity contribution in [3.63, 3.8) is 0 Å². The molecular formula is C86H81Cl5F6N14O12S. The number of ketones is 1. The Labute approximate surface area is 734 Å². The molecule has 5 heterocycles. The average molecular weight is 1830 g/mol. The molecule has 0 saturated heterocycles. The first-order valence-corrected chi connectivity index (χ1v) is 42.2. The molecule has 7 N–H and O–H groups in total. The van der Waals surface area contributed by atoms with Crippen molar-refractivity contribution in [2.24, 2.45) is 11.3 Å². The topological polar surface area (TPSA) is 331 Å². The van der Waals surface area contributed by atoms with Gasteiger partial charge in [-0.25, -0.2) is 37.2 Å². The maximum absolute atomic E-state index is 14.0. The van der Waals surface area contributed by atoms with Gasteiger partial charge in [0.25, 0.3) is 41.4 Å². The lowest BCUT2D eigenvalue weighted by molar-refractivity contribution is -0.162. The molecule has 12 aliphatic rings. The zero-order valence-electron chi connectivity index (χ0n) is 66.9. The number of carbonyl (C=O) groups excluding carboxylic acids is 8. The number of Topliss-reactive ketones (excluding diaryl/α,β-unsaturated/α-hetero) is 1. The standard InChI is InChI=1S/C24H25ClF2N2O3.C21H19Cl2N5O3.C21H19ClFN5O3.C20H18ClF3N2O3S/c1-15-13-23(29-22(31)17-4-2-3-5-19(17)26)8-10-24(15,11-9-23)28-21(30)14-32-16-6-7-18(25)20(27)12-16;2*1-12-6-16-18(24-4-5-28(16)27-12)19(30)26-21-9-20(10-21,11-21)25-17(29)8-31-13-2-3-14(22)15(23)7-13;1-11-4-13(2-3-14(11)21)29-7-12(27)5-18-8-19(9-18,10-18)26-16(28)15-6-25-17(30-15)20(22,23)24/h2-7,12,15H,8-11,13-14H2,1H3,(H,28,30)(H,29,31);2*2-7H,8-11H2,1H3,(H,25,29)(H,26,30);2-4,6H,5,7-10H2,1H3,(H,26,28)/t15-,23?,24?;;;/m0.../s1. The molecule has 0 spiro atoms. The predicted octanol–water partition coefficient (Wildman–Crippen LogP) is 14.8. The zero-order valence-corrected chi connectivity index (χ0v) is 71.5. The van der Waals surface area contributed by atoms with Crippen LogP contribution in [0.25, 0.3) is 11.0 Å². The van der Waals surface area contributed by atoms with Crippen molar-refractivity contribution in [2.45, 2.75) is 169 Å². The van der Waals surface area contributed by atoms with Crippen LogP contribution in [0.1, 0.15) is 166 Å². The third-order valence-corrected chi connectivity index (χ3v) is 26.9. The van der Waals surface area contributed by atoms with E-state index in [1.54, 1.807) is 82.3 Å². The molecule has 12 saturated carbocycles. The minimum atomic E-state index is -4.56. The van der Waals surface area contributed by atoms with Crippen LogP contribution in [0, 0.1) is 49.6 Å². The van der Waals surface area contributed by atoms with Crippen LogP contribution >= 0.6 is 69.3 Å². The number of halogens is 11.